The molecule has 0 aromatic carbocycles. The minimum Gasteiger partial charge on any atom is -0.312 e. The third kappa shape index (κ3) is 3.05. The molecule has 0 spiro atoms. The molecule has 15 heavy (non-hydrogen) atoms. The van der Waals surface area contributed by atoms with Gasteiger partial charge in [0.25, 0.3) is 0 Å². The molecular weight excluding hydrogens is 252 g/mol. The molecule has 2 unspecified atom stereocenters. The molecule has 86 valence electrons. The fraction of sp³-hybridized carbons (Fsp3) is 0.833. The van der Waals surface area contributed by atoms with Crippen molar-refractivity contribution in [3.05, 3.63) is 11.1 Å². The maximum absolute atomic E-state index is 3.96. The van der Waals surface area contributed by atoms with Crippen molar-refractivity contribution in [1.82, 2.24) is 10.2 Å². The molecule has 0 aliphatic carbocycles. The molecule has 0 aromatic rings. The lowest BCUT2D eigenvalue weighted by Crippen LogP contribution is -2.50. The molecule has 1 N–H and O–H groups in total. The number of halogens is 1. The van der Waals surface area contributed by atoms with E-state index in [4.69, 9.17) is 0 Å². The minimum atomic E-state index is 0.733. The van der Waals surface area contributed by atoms with Gasteiger partial charge in [0.1, 0.15) is 0 Å². The SMILES string of the molecule is C=C(Br)CN1CCCCC1C1CCCN1. The Labute approximate surface area is 101 Å². The van der Waals surface area contributed by atoms with Crippen molar-refractivity contribution in [3.8, 4) is 0 Å². The van der Waals surface area contributed by atoms with Crippen LogP contribution >= 0.6 is 15.9 Å². The van der Waals surface area contributed by atoms with Crippen LogP contribution in [0.25, 0.3) is 0 Å². The molecule has 2 atom stereocenters. The first kappa shape index (κ1) is 11.6. The second-order valence-electron chi connectivity index (χ2n) is 4.75. The average molecular weight is 273 g/mol. The van der Waals surface area contributed by atoms with Crippen LogP contribution in [-0.4, -0.2) is 36.6 Å². The van der Waals surface area contributed by atoms with Crippen molar-refractivity contribution >= 4 is 15.9 Å². The standard InChI is InChI=1S/C12H21BrN2/c1-10(13)9-15-8-3-2-6-12(15)11-5-4-7-14-11/h11-12,14H,1-9H2. The van der Waals surface area contributed by atoms with E-state index in [2.05, 4.69) is 32.7 Å². The summed E-state index contributed by atoms with van der Waals surface area (Å²) in [7, 11) is 0. The summed E-state index contributed by atoms with van der Waals surface area (Å²) in [6.07, 6.45) is 6.82. The van der Waals surface area contributed by atoms with E-state index in [1.165, 1.54) is 45.2 Å². The summed E-state index contributed by atoms with van der Waals surface area (Å²) in [6, 6.07) is 1.48. The highest BCUT2D eigenvalue weighted by atomic mass is 79.9. The molecule has 0 bridgehead atoms. The molecule has 2 nitrogen and oxygen atoms in total. The van der Waals surface area contributed by atoms with E-state index in [9.17, 15) is 0 Å². The first-order valence-corrected chi connectivity index (χ1v) is 6.87. The van der Waals surface area contributed by atoms with Crippen molar-refractivity contribution in [2.24, 2.45) is 0 Å². The zero-order chi connectivity index (χ0) is 10.7. The van der Waals surface area contributed by atoms with Gasteiger partial charge in [-0.3, -0.25) is 4.90 Å². The zero-order valence-electron chi connectivity index (χ0n) is 9.34. The molecule has 0 radical (unpaired) electrons. The third-order valence-corrected chi connectivity index (χ3v) is 3.85. The number of nitrogens with one attached hydrogen (secondary N) is 1. The van der Waals surface area contributed by atoms with Crippen LogP contribution in [0.15, 0.2) is 11.1 Å². The van der Waals surface area contributed by atoms with E-state index in [0.29, 0.717) is 0 Å². The summed E-state index contributed by atoms with van der Waals surface area (Å²) < 4.78 is 1.12. The Morgan fingerprint density at radius 3 is 2.87 bits per heavy atom. The third-order valence-electron chi connectivity index (χ3n) is 3.60. The van der Waals surface area contributed by atoms with E-state index in [-0.39, 0.29) is 0 Å². The molecule has 2 aliphatic heterocycles. The maximum Gasteiger partial charge on any atom is 0.0297 e. The van der Waals surface area contributed by atoms with E-state index >= 15 is 0 Å². The van der Waals surface area contributed by atoms with Gasteiger partial charge in [-0.1, -0.05) is 28.9 Å². The Hall–Kier alpha value is 0.140. The highest BCUT2D eigenvalue weighted by molar-refractivity contribution is 9.11. The lowest BCUT2D eigenvalue weighted by atomic mass is 9.94. The summed E-state index contributed by atoms with van der Waals surface area (Å²) >= 11 is 3.49. The second-order valence-corrected chi connectivity index (χ2v) is 5.88. The van der Waals surface area contributed by atoms with Crippen LogP contribution in [0.5, 0.6) is 0 Å². The number of rotatable bonds is 3. The van der Waals surface area contributed by atoms with Crippen LogP contribution in [0.1, 0.15) is 32.1 Å². The van der Waals surface area contributed by atoms with Gasteiger partial charge in [-0.25, -0.2) is 0 Å². The normalized spacial score (nSPS) is 33.1. The van der Waals surface area contributed by atoms with Crippen LogP contribution in [0, 0.1) is 0 Å². The Bertz CT molecular complexity index is 224. The van der Waals surface area contributed by atoms with E-state index in [0.717, 1.165) is 23.1 Å². The van der Waals surface area contributed by atoms with Crippen molar-refractivity contribution < 1.29 is 0 Å². The fourth-order valence-electron chi connectivity index (χ4n) is 2.93. The molecule has 2 aliphatic rings. The molecule has 0 amide bonds. The van der Waals surface area contributed by atoms with Gasteiger partial charge in [0.15, 0.2) is 0 Å². The summed E-state index contributed by atoms with van der Waals surface area (Å²) in [6.45, 7) is 7.44. The van der Waals surface area contributed by atoms with Gasteiger partial charge in [0, 0.05) is 23.1 Å². The molecule has 2 fully saturated rings. The van der Waals surface area contributed by atoms with Crippen molar-refractivity contribution in [1.29, 1.82) is 0 Å². The average Bonchev–Trinajstić information content (AvgIpc) is 2.70. The largest absolute Gasteiger partial charge is 0.312 e. The Kier molecular flexibility index (Phi) is 4.23. The van der Waals surface area contributed by atoms with Gasteiger partial charge in [0.2, 0.25) is 0 Å². The minimum absolute atomic E-state index is 0.733. The van der Waals surface area contributed by atoms with Crippen molar-refractivity contribution in [3.63, 3.8) is 0 Å². The first-order chi connectivity index (χ1) is 7.27. The highest BCUT2D eigenvalue weighted by Gasteiger charge is 2.31. The maximum atomic E-state index is 3.96. The topological polar surface area (TPSA) is 15.3 Å². The fourth-order valence-corrected chi connectivity index (χ4v) is 3.25. The zero-order valence-corrected chi connectivity index (χ0v) is 10.9. The number of hydrogen-bond donors (Lipinski definition) is 1. The van der Waals surface area contributed by atoms with E-state index < -0.39 is 0 Å². The van der Waals surface area contributed by atoms with Crippen LogP contribution in [0.2, 0.25) is 0 Å². The summed E-state index contributed by atoms with van der Waals surface area (Å²) in [5, 5.41) is 3.64. The van der Waals surface area contributed by atoms with Crippen LogP contribution < -0.4 is 5.32 Å². The van der Waals surface area contributed by atoms with E-state index in [1.54, 1.807) is 0 Å². The monoisotopic (exact) mass is 272 g/mol. The van der Waals surface area contributed by atoms with Gasteiger partial charge >= 0.3 is 0 Å². The molecule has 2 heterocycles. The van der Waals surface area contributed by atoms with Crippen molar-refractivity contribution in [2.45, 2.75) is 44.2 Å². The number of likely N-dealkylation sites (tertiary alicyclic amines) is 1. The van der Waals surface area contributed by atoms with Gasteiger partial charge < -0.3 is 5.32 Å². The number of nitrogens with zero attached hydrogens (tertiary/aromatic N) is 1. The van der Waals surface area contributed by atoms with Gasteiger partial charge in [-0.05, 0) is 38.8 Å². The van der Waals surface area contributed by atoms with Gasteiger partial charge in [0.05, 0.1) is 0 Å². The number of piperidine rings is 1. The Balaban J connectivity index is 1.95. The summed E-state index contributed by atoms with van der Waals surface area (Å²) in [4.78, 5) is 2.60. The van der Waals surface area contributed by atoms with Gasteiger partial charge in [-0.15, -0.1) is 0 Å². The molecule has 3 heteroatoms. The second kappa shape index (κ2) is 5.46. The van der Waals surface area contributed by atoms with Crippen LogP contribution in [0.4, 0.5) is 0 Å². The number of hydrogen-bond acceptors (Lipinski definition) is 2. The summed E-state index contributed by atoms with van der Waals surface area (Å²) in [5.41, 5.74) is 0. The predicted molar refractivity (Wildman–Crippen MR) is 68.3 cm³/mol. The Morgan fingerprint density at radius 1 is 1.33 bits per heavy atom. The lowest BCUT2D eigenvalue weighted by molar-refractivity contribution is 0.134. The molecular formula is C12H21BrN2. The molecule has 2 rings (SSSR count). The Morgan fingerprint density at radius 2 is 2.20 bits per heavy atom. The van der Waals surface area contributed by atoms with Crippen LogP contribution in [0.3, 0.4) is 0 Å². The molecule has 0 aromatic heterocycles. The predicted octanol–water partition coefficient (Wildman–Crippen LogP) is 2.50. The van der Waals surface area contributed by atoms with Gasteiger partial charge in [-0.2, -0.15) is 0 Å². The quantitative estimate of drug-likeness (QED) is 0.850. The highest BCUT2D eigenvalue weighted by Crippen LogP contribution is 2.25. The first-order valence-electron chi connectivity index (χ1n) is 6.08. The molecule has 0 saturated carbocycles. The summed E-state index contributed by atoms with van der Waals surface area (Å²) in [5.74, 6) is 0. The van der Waals surface area contributed by atoms with Crippen molar-refractivity contribution in [2.75, 3.05) is 19.6 Å². The lowest BCUT2D eigenvalue weighted by Gasteiger charge is -2.39. The van der Waals surface area contributed by atoms with E-state index in [1.807, 2.05) is 0 Å². The smallest absolute Gasteiger partial charge is 0.0297 e. The van der Waals surface area contributed by atoms with Crippen LogP contribution in [-0.2, 0) is 0 Å². The molecule has 2 saturated heterocycles.